The monoisotopic (exact) mass is 383 g/mol. The number of benzene rings is 3. The molecule has 0 aromatic heterocycles. The number of hydrogen-bond donors (Lipinski definition) is 0. The minimum atomic E-state index is -1.09. The van der Waals surface area contributed by atoms with Gasteiger partial charge in [0.15, 0.2) is 0 Å². The molecule has 3 nitrogen and oxygen atoms in total. The average Bonchev–Trinajstić information content (AvgIpc) is 2.66. The highest BCUT2D eigenvalue weighted by Gasteiger charge is 2.20. The summed E-state index contributed by atoms with van der Waals surface area (Å²) in [6.07, 6.45) is 2.52. The predicted octanol–water partition coefficient (Wildman–Crippen LogP) is 5.69. The second-order valence-electron chi connectivity index (χ2n) is 6.35. The first-order valence-electron chi connectivity index (χ1n) is 8.77. The van der Waals surface area contributed by atoms with E-state index in [1.165, 1.54) is 24.3 Å². The highest BCUT2D eigenvalue weighted by atomic mass is 19.1. The lowest BCUT2D eigenvalue weighted by atomic mass is 10.00. The highest BCUT2D eigenvalue weighted by molar-refractivity contribution is 5.97. The van der Waals surface area contributed by atoms with Crippen LogP contribution in [0.1, 0.15) is 41.3 Å². The third kappa shape index (κ3) is 3.84. The lowest BCUT2D eigenvalue weighted by Gasteiger charge is -2.10. The van der Waals surface area contributed by atoms with Crippen molar-refractivity contribution in [3.8, 4) is 11.8 Å². The van der Waals surface area contributed by atoms with E-state index < -0.39 is 29.0 Å². The van der Waals surface area contributed by atoms with Crippen LogP contribution >= 0.6 is 0 Å². The smallest absolute Gasteiger partial charge is 0.346 e. The van der Waals surface area contributed by atoms with Crippen molar-refractivity contribution in [1.82, 2.24) is 0 Å². The van der Waals surface area contributed by atoms with Crippen LogP contribution in [0.3, 0.4) is 0 Å². The molecular formula is C22H16F3NO2. The molecule has 0 amide bonds. The van der Waals surface area contributed by atoms with E-state index in [9.17, 15) is 18.0 Å². The molecule has 0 unspecified atom stereocenters. The molecule has 3 aromatic carbocycles. The summed E-state index contributed by atoms with van der Waals surface area (Å²) < 4.78 is 47.9. The first-order valence-corrected chi connectivity index (χ1v) is 8.77. The van der Waals surface area contributed by atoms with Crippen molar-refractivity contribution >= 4 is 16.7 Å². The number of rotatable bonds is 5. The van der Waals surface area contributed by atoms with Crippen LogP contribution in [0.15, 0.2) is 42.5 Å². The second-order valence-corrected chi connectivity index (χ2v) is 6.35. The molecule has 142 valence electrons. The molecule has 0 aliphatic carbocycles. The van der Waals surface area contributed by atoms with E-state index in [1.807, 2.05) is 6.92 Å². The maximum absolute atomic E-state index is 14.8. The van der Waals surface area contributed by atoms with Crippen LogP contribution in [-0.4, -0.2) is 5.97 Å². The SMILES string of the molecule is CCCCc1cc(F)c2c(F)c(C(=O)Oc3ccc(C#N)c(F)c3)ccc2c1. The second kappa shape index (κ2) is 8.13. The van der Waals surface area contributed by atoms with Gasteiger partial charge in [0.25, 0.3) is 0 Å². The van der Waals surface area contributed by atoms with Gasteiger partial charge >= 0.3 is 5.97 Å². The number of aryl methyl sites for hydroxylation is 1. The van der Waals surface area contributed by atoms with E-state index in [1.54, 1.807) is 12.1 Å². The Balaban J connectivity index is 1.93. The van der Waals surface area contributed by atoms with E-state index >= 15 is 0 Å². The van der Waals surface area contributed by atoms with Crippen LogP contribution < -0.4 is 4.74 Å². The Bertz CT molecular complexity index is 1100. The number of esters is 1. The molecule has 0 radical (unpaired) electrons. The Morgan fingerprint density at radius 3 is 2.54 bits per heavy atom. The zero-order chi connectivity index (χ0) is 20.3. The fraction of sp³-hybridized carbons (Fsp3) is 0.182. The molecule has 0 saturated heterocycles. The Morgan fingerprint density at radius 1 is 1.07 bits per heavy atom. The molecule has 0 N–H and O–H groups in total. The van der Waals surface area contributed by atoms with E-state index in [4.69, 9.17) is 10.00 Å². The summed E-state index contributed by atoms with van der Waals surface area (Å²) in [6, 6.07) is 10.5. The van der Waals surface area contributed by atoms with Gasteiger partial charge in [0, 0.05) is 6.07 Å². The summed E-state index contributed by atoms with van der Waals surface area (Å²) >= 11 is 0. The third-order valence-corrected chi connectivity index (χ3v) is 4.38. The fourth-order valence-corrected chi connectivity index (χ4v) is 2.93. The standard InChI is InChI=1S/C22H16F3NO2/c1-2-3-4-13-9-14-6-8-17(21(25)20(14)19(24)10-13)22(27)28-16-7-5-15(12-26)18(23)11-16/h5-11H,2-4H2,1H3. The number of fused-ring (bicyclic) bond motifs is 1. The largest absolute Gasteiger partial charge is 0.423 e. The maximum atomic E-state index is 14.8. The van der Waals surface area contributed by atoms with Gasteiger partial charge in [-0.2, -0.15) is 5.26 Å². The Labute approximate surface area is 160 Å². The van der Waals surface area contributed by atoms with Crippen molar-refractivity contribution in [2.75, 3.05) is 0 Å². The molecule has 3 aromatic rings. The van der Waals surface area contributed by atoms with Gasteiger partial charge in [-0.1, -0.05) is 25.5 Å². The van der Waals surface area contributed by atoms with Crippen LogP contribution in [0.2, 0.25) is 0 Å². The van der Waals surface area contributed by atoms with Gasteiger partial charge in [-0.25, -0.2) is 18.0 Å². The van der Waals surface area contributed by atoms with Gasteiger partial charge < -0.3 is 4.74 Å². The molecule has 0 bridgehead atoms. The summed E-state index contributed by atoms with van der Waals surface area (Å²) in [4.78, 5) is 12.3. The molecule has 0 aliphatic rings. The molecule has 0 atom stereocenters. The van der Waals surface area contributed by atoms with Crippen molar-refractivity contribution in [2.24, 2.45) is 0 Å². The molecule has 0 saturated carbocycles. The van der Waals surface area contributed by atoms with Crippen LogP contribution in [0.4, 0.5) is 13.2 Å². The first kappa shape index (κ1) is 19.4. The Morgan fingerprint density at radius 2 is 1.86 bits per heavy atom. The third-order valence-electron chi connectivity index (χ3n) is 4.38. The number of hydrogen-bond acceptors (Lipinski definition) is 3. The summed E-state index contributed by atoms with van der Waals surface area (Å²) in [7, 11) is 0. The van der Waals surface area contributed by atoms with Gasteiger partial charge in [0.1, 0.15) is 29.3 Å². The number of carbonyl (C=O) groups is 1. The van der Waals surface area contributed by atoms with Gasteiger partial charge in [-0.05, 0) is 48.1 Å². The van der Waals surface area contributed by atoms with Crippen LogP contribution in [0.5, 0.6) is 5.75 Å². The van der Waals surface area contributed by atoms with Crippen molar-refractivity contribution in [1.29, 1.82) is 5.26 Å². The van der Waals surface area contributed by atoms with Crippen LogP contribution in [0, 0.1) is 28.8 Å². The Kier molecular flexibility index (Phi) is 5.65. The molecule has 0 spiro atoms. The lowest BCUT2D eigenvalue weighted by molar-refractivity contribution is 0.0730. The lowest BCUT2D eigenvalue weighted by Crippen LogP contribution is -2.11. The van der Waals surface area contributed by atoms with E-state index in [0.29, 0.717) is 11.8 Å². The topological polar surface area (TPSA) is 50.1 Å². The Hall–Kier alpha value is -3.33. The molecular weight excluding hydrogens is 367 g/mol. The zero-order valence-corrected chi connectivity index (χ0v) is 15.1. The van der Waals surface area contributed by atoms with Gasteiger partial charge in [-0.3, -0.25) is 0 Å². The van der Waals surface area contributed by atoms with Crippen molar-refractivity contribution in [3.63, 3.8) is 0 Å². The summed E-state index contributed by atoms with van der Waals surface area (Å²) in [5.41, 5.74) is 0.0877. The van der Waals surface area contributed by atoms with Crippen molar-refractivity contribution < 1.29 is 22.7 Å². The maximum Gasteiger partial charge on any atom is 0.346 e. The summed E-state index contributed by atoms with van der Waals surface area (Å²) in [5, 5.41) is 8.78. The molecule has 6 heteroatoms. The summed E-state index contributed by atoms with van der Waals surface area (Å²) in [5.74, 6) is -3.91. The quantitative estimate of drug-likeness (QED) is 0.420. The number of nitriles is 1. The number of nitrogens with zero attached hydrogens (tertiary/aromatic N) is 1. The number of halogens is 3. The van der Waals surface area contributed by atoms with Crippen LogP contribution in [-0.2, 0) is 6.42 Å². The summed E-state index contributed by atoms with van der Waals surface area (Å²) in [6.45, 7) is 2.02. The fourth-order valence-electron chi connectivity index (χ4n) is 2.93. The first-order chi connectivity index (χ1) is 13.4. The molecule has 0 fully saturated rings. The molecule has 28 heavy (non-hydrogen) atoms. The molecule has 3 rings (SSSR count). The molecule has 0 aliphatic heterocycles. The highest BCUT2D eigenvalue weighted by Crippen LogP contribution is 2.27. The van der Waals surface area contributed by atoms with Gasteiger partial charge in [0.2, 0.25) is 0 Å². The normalized spacial score (nSPS) is 10.7. The van der Waals surface area contributed by atoms with E-state index in [-0.39, 0.29) is 16.7 Å². The predicted molar refractivity (Wildman–Crippen MR) is 98.5 cm³/mol. The number of unbranched alkanes of at least 4 members (excludes halogenated alkanes) is 1. The van der Waals surface area contributed by atoms with Crippen molar-refractivity contribution in [3.05, 3.63) is 76.6 Å². The molecule has 0 heterocycles. The van der Waals surface area contributed by atoms with Crippen LogP contribution in [0.25, 0.3) is 10.8 Å². The minimum Gasteiger partial charge on any atom is -0.423 e. The van der Waals surface area contributed by atoms with Gasteiger partial charge in [0.05, 0.1) is 16.5 Å². The van der Waals surface area contributed by atoms with Crippen molar-refractivity contribution in [2.45, 2.75) is 26.2 Å². The van der Waals surface area contributed by atoms with E-state index in [0.717, 1.165) is 30.5 Å². The zero-order valence-electron chi connectivity index (χ0n) is 15.1. The van der Waals surface area contributed by atoms with E-state index in [2.05, 4.69) is 0 Å². The average molecular weight is 383 g/mol. The minimum absolute atomic E-state index is 0.184. The number of ether oxygens (including phenoxy) is 1. The van der Waals surface area contributed by atoms with Gasteiger partial charge in [-0.15, -0.1) is 0 Å². The number of carbonyl (C=O) groups excluding carboxylic acids is 1.